The Bertz CT molecular complexity index is 398. The fourth-order valence-corrected chi connectivity index (χ4v) is 1.67. The van der Waals surface area contributed by atoms with Gasteiger partial charge in [0.25, 0.3) is 0 Å². The van der Waals surface area contributed by atoms with E-state index in [1.165, 1.54) is 6.07 Å². The Labute approximate surface area is 114 Å². The quantitative estimate of drug-likeness (QED) is 0.897. The minimum atomic E-state index is -4.52. The molecule has 18 heavy (non-hydrogen) atoms. The van der Waals surface area contributed by atoms with Gasteiger partial charge in [0.05, 0.1) is 22.7 Å². The fourth-order valence-electron chi connectivity index (χ4n) is 1.44. The Morgan fingerprint density at radius 2 is 1.94 bits per heavy atom. The Balaban J connectivity index is 0.00000289. The molecule has 1 aromatic carbocycles. The van der Waals surface area contributed by atoms with E-state index >= 15 is 0 Å². The van der Waals surface area contributed by atoms with Gasteiger partial charge in [-0.1, -0.05) is 24.6 Å². The van der Waals surface area contributed by atoms with Gasteiger partial charge in [-0.15, -0.1) is 12.4 Å². The van der Waals surface area contributed by atoms with E-state index in [0.717, 1.165) is 12.1 Å². The van der Waals surface area contributed by atoms with Crippen molar-refractivity contribution >= 4 is 24.0 Å². The second-order valence-electron chi connectivity index (χ2n) is 3.74. The number of aliphatic hydroxyl groups excluding tert-OH is 1. The molecular weight excluding hydrogens is 290 g/mol. The van der Waals surface area contributed by atoms with Crippen LogP contribution in [0, 0.1) is 0 Å². The minimum Gasteiger partial charge on any atom is -0.391 e. The van der Waals surface area contributed by atoms with E-state index in [1.807, 2.05) is 0 Å². The molecular formula is C11H14Cl2F3NO. The van der Waals surface area contributed by atoms with Crippen molar-refractivity contribution in [3.63, 3.8) is 0 Å². The summed E-state index contributed by atoms with van der Waals surface area (Å²) < 4.78 is 37.8. The van der Waals surface area contributed by atoms with Gasteiger partial charge in [0.2, 0.25) is 0 Å². The van der Waals surface area contributed by atoms with Crippen LogP contribution in [0.25, 0.3) is 0 Å². The largest absolute Gasteiger partial charge is 0.417 e. The van der Waals surface area contributed by atoms with Gasteiger partial charge in [-0.2, -0.15) is 13.2 Å². The lowest BCUT2D eigenvalue weighted by Gasteiger charge is -2.19. The van der Waals surface area contributed by atoms with Gasteiger partial charge in [-0.25, -0.2) is 0 Å². The molecule has 0 saturated carbocycles. The molecule has 2 atom stereocenters. The predicted molar refractivity (Wildman–Crippen MR) is 66.9 cm³/mol. The molecule has 1 aromatic rings. The maximum Gasteiger partial charge on any atom is 0.417 e. The number of hydrogen-bond donors (Lipinski definition) is 2. The zero-order valence-corrected chi connectivity index (χ0v) is 11.1. The molecule has 0 aliphatic heterocycles. The molecule has 0 bridgehead atoms. The zero-order valence-electron chi connectivity index (χ0n) is 9.54. The third-order valence-electron chi connectivity index (χ3n) is 2.51. The summed E-state index contributed by atoms with van der Waals surface area (Å²) in [5.41, 5.74) is 4.93. The van der Waals surface area contributed by atoms with E-state index in [9.17, 15) is 18.3 Å². The van der Waals surface area contributed by atoms with Gasteiger partial charge < -0.3 is 10.8 Å². The Hall–Kier alpha value is -0.490. The number of rotatable bonds is 3. The van der Waals surface area contributed by atoms with Crippen LogP contribution in [0.3, 0.4) is 0 Å². The summed E-state index contributed by atoms with van der Waals surface area (Å²) in [6.45, 7) is 1.70. The van der Waals surface area contributed by atoms with Gasteiger partial charge in [0.15, 0.2) is 0 Å². The number of halogens is 5. The highest BCUT2D eigenvalue weighted by molar-refractivity contribution is 6.31. The summed E-state index contributed by atoms with van der Waals surface area (Å²) in [5.74, 6) is 0. The molecule has 0 fully saturated rings. The van der Waals surface area contributed by atoms with Crippen molar-refractivity contribution in [1.82, 2.24) is 0 Å². The van der Waals surface area contributed by atoms with E-state index < -0.39 is 23.9 Å². The van der Waals surface area contributed by atoms with Crippen LogP contribution in [0.2, 0.25) is 5.02 Å². The molecule has 0 amide bonds. The van der Waals surface area contributed by atoms with Crippen molar-refractivity contribution < 1.29 is 18.3 Å². The number of alkyl halides is 3. The number of nitrogens with two attached hydrogens (primary N) is 1. The summed E-state index contributed by atoms with van der Waals surface area (Å²) in [4.78, 5) is 0. The highest BCUT2D eigenvalue weighted by Gasteiger charge is 2.34. The monoisotopic (exact) mass is 303 g/mol. The van der Waals surface area contributed by atoms with Crippen LogP contribution in [0.15, 0.2) is 18.2 Å². The first-order chi connectivity index (χ1) is 7.77. The van der Waals surface area contributed by atoms with Crippen LogP contribution < -0.4 is 5.73 Å². The van der Waals surface area contributed by atoms with Gasteiger partial charge in [0, 0.05) is 0 Å². The average Bonchev–Trinajstić information content (AvgIpc) is 2.26. The topological polar surface area (TPSA) is 46.2 Å². The minimum absolute atomic E-state index is 0. The molecule has 0 aliphatic rings. The third kappa shape index (κ3) is 4.02. The van der Waals surface area contributed by atoms with Crippen LogP contribution in [-0.4, -0.2) is 11.2 Å². The van der Waals surface area contributed by atoms with Crippen LogP contribution in [0.4, 0.5) is 13.2 Å². The van der Waals surface area contributed by atoms with Crippen molar-refractivity contribution in [1.29, 1.82) is 0 Å². The van der Waals surface area contributed by atoms with Crippen molar-refractivity contribution in [2.45, 2.75) is 31.7 Å². The lowest BCUT2D eigenvalue weighted by atomic mass is 9.98. The average molecular weight is 304 g/mol. The van der Waals surface area contributed by atoms with Gasteiger partial charge in [-0.3, -0.25) is 0 Å². The summed E-state index contributed by atoms with van der Waals surface area (Å²) in [6.07, 6.45) is -5.04. The molecule has 1 rings (SSSR count). The maximum absolute atomic E-state index is 12.6. The zero-order chi connectivity index (χ0) is 13.2. The predicted octanol–water partition coefficient (Wildman–Crippen LogP) is 3.55. The van der Waals surface area contributed by atoms with E-state index in [2.05, 4.69) is 0 Å². The molecule has 3 N–H and O–H groups in total. The van der Waals surface area contributed by atoms with Crippen LogP contribution in [-0.2, 0) is 6.18 Å². The second-order valence-corrected chi connectivity index (χ2v) is 4.15. The van der Waals surface area contributed by atoms with E-state index in [4.69, 9.17) is 17.3 Å². The fraction of sp³-hybridized carbons (Fsp3) is 0.455. The molecule has 7 heteroatoms. The normalized spacial score (nSPS) is 14.8. The molecule has 2 nitrogen and oxygen atoms in total. The maximum atomic E-state index is 12.6. The van der Waals surface area contributed by atoms with Crippen molar-refractivity contribution in [3.8, 4) is 0 Å². The van der Waals surface area contributed by atoms with Crippen molar-refractivity contribution in [2.75, 3.05) is 0 Å². The smallest absolute Gasteiger partial charge is 0.391 e. The SMILES string of the molecule is CC[C@H](O)[C@H](N)c1ccc(Cl)c(C(F)(F)F)c1.Cl. The highest BCUT2D eigenvalue weighted by atomic mass is 35.5. The third-order valence-corrected chi connectivity index (χ3v) is 2.84. The summed E-state index contributed by atoms with van der Waals surface area (Å²) >= 11 is 5.48. The number of aliphatic hydroxyl groups is 1. The standard InChI is InChI=1S/C11H13ClF3NO.ClH/c1-2-9(17)10(16)6-3-4-8(12)7(5-6)11(13,14)15;/h3-5,9-10,17H,2,16H2,1H3;1H/t9-,10+;/m0./s1. The molecule has 0 radical (unpaired) electrons. The highest BCUT2D eigenvalue weighted by Crippen LogP contribution is 2.36. The molecule has 0 aromatic heterocycles. The molecule has 0 heterocycles. The van der Waals surface area contributed by atoms with Crippen LogP contribution in [0.1, 0.15) is 30.5 Å². The van der Waals surface area contributed by atoms with Gasteiger partial charge in [0.1, 0.15) is 0 Å². The lowest BCUT2D eigenvalue weighted by Crippen LogP contribution is -2.25. The van der Waals surface area contributed by atoms with E-state index in [0.29, 0.717) is 6.42 Å². The van der Waals surface area contributed by atoms with Gasteiger partial charge >= 0.3 is 6.18 Å². The molecule has 104 valence electrons. The lowest BCUT2D eigenvalue weighted by molar-refractivity contribution is -0.137. The van der Waals surface area contributed by atoms with E-state index in [1.54, 1.807) is 6.92 Å². The molecule has 0 spiro atoms. The first-order valence-electron chi connectivity index (χ1n) is 5.07. The number of hydrogen-bond acceptors (Lipinski definition) is 2. The van der Waals surface area contributed by atoms with Crippen molar-refractivity contribution in [2.24, 2.45) is 5.73 Å². The molecule has 0 aliphatic carbocycles. The summed E-state index contributed by atoms with van der Waals surface area (Å²) in [7, 11) is 0. The molecule has 0 unspecified atom stereocenters. The Kier molecular flexibility index (Phi) is 6.43. The second kappa shape index (κ2) is 6.61. The van der Waals surface area contributed by atoms with E-state index in [-0.39, 0.29) is 23.0 Å². The molecule has 0 saturated heterocycles. The Morgan fingerprint density at radius 3 is 2.39 bits per heavy atom. The number of benzene rings is 1. The first kappa shape index (κ1) is 17.5. The van der Waals surface area contributed by atoms with Crippen molar-refractivity contribution in [3.05, 3.63) is 34.3 Å². The summed E-state index contributed by atoms with van der Waals surface area (Å²) in [5, 5.41) is 9.13. The van der Waals surface area contributed by atoms with Crippen LogP contribution >= 0.6 is 24.0 Å². The van der Waals surface area contributed by atoms with Gasteiger partial charge in [-0.05, 0) is 24.1 Å². The first-order valence-corrected chi connectivity index (χ1v) is 5.45. The summed E-state index contributed by atoms with van der Waals surface area (Å²) in [6, 6.07) is 2.56. The Morgan fingerprint density at radius 1 is 1.39 bits per heavy atom. The van der Waals surface area contributed by atoms with Crippen LogP contribution in [0.5, 0.6) is 0 Å².